The van der Waals surface area contributed by atoms with Crippen LogP contribution >= 0.6 is 0 Å². The minimum atomic E-state index is -5.17. The molecule has 0 amide bonds. The fourth-order valence-corrected chi connectivity index (χ4v) is 0. The average molecular weight is 528 g/mol. The number of hydrogen-bond donors (Lipinski definition) is 0. The molecule has 0 spiro atoms. The van der Waals surface area contributed by atoms with Crippen LogP contribution in [0.15, 0.2) is 0 Å². The molecule has 0 saturated heterocycles. The van der Waals surface area contributed by atoms with Gasteiger partial charge in [-0.2, -0.15) is 0 Å². The zero-order valence-electron chi connectivity index (χ0n) is 3.25. The van der Waals surface area contributed by atoms with Crippen molar-refractivity contribution in [3.05, 3.63) is 0 Å². The second-order valence-electron chi connectivity index (χ2n) is 0.408. The van der Waals surface area contributed by atoms with Gasteiger partial charge in [-0.25, -0.2) is 0 Å². The summed E-state index contributed by atoms with van der Waals surface area (Å²) in [5, 5.41) is 0. The molecule has 74 valence electrons. The van der Waals surface area contributed by atoms with Gasteiger partial charge in [0.25, 0.3) is 0 Å². The molecule has 0 atom stereocenters. The molecule has 0 unspecified atom stereocenters. The van der Waals surface area contributed by atoms with Crippen molar-refractivity contribution in [2.24, 2.45) is 0 Å². The molecule has 2 radical (unpaired) electrons. The van der Waals surface area contributed by atoms with Gasteiger partial charge in [0, 0.05) is 55.2 Å². The molecule has 0 aliphatic rings. The van der Waals surface area contributed by atoms with E-state index in [1.165, 1.54) is 0 Å². The smallest absolute Gasteiger partial charge is 0.759 e. The van der Waals surface area contributed by atoms with E-state index in [0.717, 1.165) is 0 Å². The first-order valence-electron chi connectivity index (χ1n) is 0.667. The molecule has 9 heteroatoms. The SMILES string of the molecule is O=S(=O)([O-])[O-].[Ag+].[Ag+].[Ag].[Ag]. The molecule has 0 bridgehead atoms. The molecule has 0 rings (SSSR count). The van der Waals surface area contributed by atoms with Crippen molar-refractivity contribution in [3.8, 4) is 0 Å². The topological polar surface area (TPSA) is 80.3 Å². The molecule has 0 saturated carbocycles. The van der Waals surface area contributed by atoms with E-state index >= 15 is 0 Å². The van der Waals surface area contributed by atoms with E-state index in [9.17, 15) is 0 Å². The molecule has 0 aromatic heterocycles. The molecule has 0 heterocycles. The maximum absolute atomic E-state index is 8.52. The standard InChI is InChI=1S/4Ag.H2O4S/c;;;;1-5(2,3)4/h;;;;(H2,1,2,3,4)/q;;2*+1;/p-2. The summed E-state index contributed by atoms with van der Waals surface area (Å²) in [6.45, 7) is 0. The normalized spacial score (nSPS) is 6.44. The van der Waals surface area contributed by atoms with Crippen LogP contribution in [0.4, 0.5) is 0 Å². The Morgan fingerprint density at radius 1 is 0.889 bits per heavy atom. The maximum atomic E-state index is 8.52. The van der Waals surface area contributed by atoms with E-state index in [2.05, 4.69) is 0 Å². The van der Waals surface area contributed by atoms with Crippen molar-refractivity contribution >= 4 is 10.4 Å². The van der Waals surface area contributed by atoms with Crippen LogP contribution in [0.3, 0.4) is 0 Å². The van der Waals surface area contributed by atoms with Crippen LogP contribution in [0, 0.1) is 0 Å². The summed E-state index contributed by atoms with van der Waals surface area (Å²) in [5.41, 5.74) is 0. The monoisotopic (exact) mass is 524 g/mol. The predicted molar refractivity (Wildman–Crippen MR) is 10.5 cm³/mol. The van der Waals surface area contributed by atoms with Gasteiger partial charge in [0.05, 0.1) is 0 Å². The predicted octanol–water partition coefficient (Wildman–Crippen LogP) is -1.35. The Balaban J connectivity index is -0.0000000133. The molecule has 9 heavy (non-hydrogen) atoms. The third-order valence-corrected chi connectivity index (χ3v) is 0. The van der Waals surface area contributed by atoms with Gasteiger partial charge >= 0.3 is 44.8 Å². The molecule has 0 aromatic carbocycles. The van der Waals surface area contributed by atoms with E-state index in [0.29, 0.717) is 0 Å². The summed E-state index contributed by atoms with van der Waals surface area (Å²) in [5.74, 6) is 0. The van der Waals surface area contributed by atoms with Crippen molar-refractivity contribution in [2.75, 3.05) is 0 Å². The second-order valence-corrected chi connectivity index (χ2v) is 1.22. The Hall–Kier alpha value is 2.83. The van der Waals surface area contributed by atoms with Gasteiger partial charge in [-0.3, -0.25) is 8.42 Å². The Kier molecular flexibility index (Phi) is 44.4. The maximum Gasteiger partial charge on any atom is 1.00 e. The first-order valence-corrected chi connectivity index (χ1v) is 2.00. The van der Waals surface area contributed by atoms with Gasteiger partial charge in [-0.05, 0) is 0 Å². The Morgan fingerprint density at radius 2 is 0.889 bits per heavy atom. The fourth-order valence-electron chi connectivity index (χ4n) is 0. The molecular formula is Ag4O4S. The summed E-state index contributed by atoms with van der Waals surface area (Å²) >= 11 is 0. The van der Waals surface area contributed by atoms with Crippen LogP contribution in [0.2, 0.25) is 0 Å². The van der Waals surface area contributed by atoms with E-state index in [-0.39, 0.29) is 89.5 Å². The van der Waals surface area contributed by atoms with Gasteiger partial charge in [-0.1, -0.05) is 0 Å². The van der Waals surface area contributed by atoms with E-state index in [1.54, 1.807) is 0 Å². The summed E-state index contributed by atoms with van der Waals surface area (Å²) in [6, 6.07) is 0. The summed E-state index contributed by atoms with van der Waals surface area (Å²) in [6.07, 6.45) is 0. The van der Waals surface area contributed by atoms with Gasteiger partial charge in [0.1, 0.15) is 0 Å². The number of hydrogen-bond acceptors (Lipinski definition) is 4. The Bertz CT molecular complexity index is 95.7. The van der Waals surface area contributed by atoms with Crippen LogP contribution < -0.4 is 0 Å². The van der Waals surface area contributed by atoms with Gasteiger partial charge < -0.3 is 9.11 Å². The third-order valence-electron chi connectivity index (χ3n) is 0. The molecule has 0 aliphatic heterocycles. The first-order chi connectivity index (χ1) is 2.00. The fraction of sp³-hybridized carbons (Fsp3) is 0. The zero-order chi connectivity index (χ0) is 4.50. The van der Waals surface area contributed by atoms with Crippen LogP contribution in [0.1, 0.15) is 0 Å². The van der Waals surface area contributed by atoms with Crippen LogP contribution in [-0.4, -0.2) is 17.5 Å². The largest absolute Gasteiger partial charge is 1.00 e. The average Bonchev–Trinajstić information content (AvgIpc) is 0.722. The molecule has 4 nitrogen and oxygen atoms in total. The van der Waals surface area contributed by atoms with Crippen molar-refractivity contribution < 1.29 is 107 Å². The van der Waals surface area contributed by atoms with Crippen LogP contribution in [0.5, 0.6) is 0 Å². The van der Waals surface area contributed by atoms with Crippen LogP contribution in [-0.2, 0) is 99.9 Å². The molecule has 0 N–H and O–H groups in total. The molecule has 0 fully saturated rings. The summed E-state index contributed by atoms with van der Waals surface area (Å²) < 4.78 is 34.1. The van der Waals surface area contributed by atoms with Crippen molar-refractivity contribution in [2.45, 2.75) is 0 Å². The second kappa shape index (κ2) is 13.4. The van der Waals surface area contributed by atoms with E-state index in [1.807, 2.05) is 0 Å². The minimum absolute atomic E-state index is 0. The minimum Gasteiger partial charge on any atom is -0.759 e. The van der Waals surface area contributed by atoms with Crippen molar-refractivity contribution in [3.63, 3.8) is 0 Å². The Labute approximate surface area is 116 Å². The van der Waals surface area contributed by atoms with Crippen molar-refractivity contribution in [1.29, 1.82) is 0 Å². The van der Waals surface area contributed by atoms with Gasteiger partial charge in [0.2, 0.25) is 0 Å². The summed E-state index contributed by atoms with van der Waals surface area (Å²) in [4.78, 5) is 0. The van der Waals surface area contributed by atoms with Crippen molar-refractivity contribution in [1.82, 2.24) is 0 Å². The van der Waals surface area contributed by atoms with Gasteiger partial charge in [0.15, 0.2) is 0 Å². The number of rotatable bonds is 0. The quantitative estimate of drug-likeness (QED) is 0.222. The van der Waals surface area contributed by atoms with Gasteiger partial charge in [-0.15, -0.1) is 0 Å². The molecule has 0 aliphatic carbocycles. The van der Waals surface area contributed by atoms with E-state index < -0.39 is 10.4 Å². The zero-order valence-corrected chi connectivity index (χ0v) is 9.99. The van der Waals surface area contributed by atoms with Crippen LogP contribution in [0.25, 0.3) is 0 Å². The third kappa shape index (κ3) is 105. The molecule has 0 aromatic rings. The first kappa shape index (κ1) is 29.7. The Morgan fingerprint density at radius 3 is 0.889 bits per heavy atom. The molecular weight excluding hydrogens is 528 g/mol. The summed E-state index contributed by atoms with van der Waals surface area (Å²) in [7, 11) is -5.17. The van der Waals surface area contributed by atoms with E-state index in [4.69, 9.17) is 17.5 Å².